The highest BCUT2D eigenvalue weighted by Gasteiger charge is 2.14. The number of methoxy groups -OCH3 is 1. The van der Waals surface area contributed by atoms with E-state index in [-0.39, 0.29) is 11.0 Å². The van der Waals surface area contributed by atoms with E-state index in [1.54, 1.807) is 49.3 Å². The third-order valence-corrected chi connectivity index (χ3v) is 5.46. The fourth-order valence-corrected chi connectivity index (χ4v) is 3.56. The summed E-state index contributed by atoms with van der Waals surface area (Å²) < 4.78 is 12.7. The molecular formula is C23H25ClN2O3S. The van der Waals surface area contributed by atoms with Crippen LogP contribution in [0.4, 0.5) is 0 Å². The highest BCUT2D eigenvalue weighted by molar-refractivity contribution is 7.98. The number of nitrogens with zero attached hydrogens (tertiary/aromatic N) is 2. The van der Waals surface area contributed by atoms with Crippen LogP contribution in [0.1, 0.15) is 26.3 Å². The minimum absolute atomic E-state index is 0.0298. The third-order valence-electron chi connectivity index (χ3n) is 4.13. The van der Waals surface area contributed by atoms with Crippen LogP contribution in [0.15, 0.2) is 64.4 Å². The van der Waals surface area contributed by atoms with E-state index >= 15 is 0 Å². The van der Waals surface area contributed by atoms with Gasteiger partial charge in [0.05, 0.1) is 25.6 Å². The molecule has 0 fully saturated rings. The Morgan fingerprint density at radius 2 is 1.80 bits per heavy atom. The third kappa shape index (κ3) is 6.03. The molecule has 0 bridgehead atoms. The van der Waals surface area contributed by atoms with Gasteiger partial charge in [0.2, 0.25) is 0 Å². The molecule has 0 unspecified atom stereocenters. The van der Waals surface area contributed by atoms with Gasteiger partial charge in [0.15, 0.2) is 11.5 Å². The Morgan fingerprint density at radius 1 is 1.07 bits per heavy atom. The lowest BCUT2D eigenvalue weighted by Crippen LogP contribution is -2.21. The Balaban J connectivity index is 1.75. The van der Waals surface area contributed by atoms with Crippen LogP contribution in [0.25, 0.3) is 5.69 Å². The molecule has 0 saturated heterocycles. The van der Waals surface area contributed by atoms with Crippen molar-refractivity contribution in [2.24, 2.45) is 5.41 Å². The summed E-state index contributed by atoms with van der Waals surface area (Å²) in [7, 11) is 1.58. The fraction of sp³-hybridized carbons (Fsp3) is 0.304. The lowest BCUT2D eigenvalue weighted by Gasteiger charge is -2.20. The van der Waals surface area contributed by atoms with Crippen molar-refractivity contribution in [2.75, 3.05) is 13.7 Å². The summed E-state index contributed by atoms with van der Waals surface area (Å²) in [5, 5.41) is 5.04. The van der Waals surface area contributed by atoms with Crippen molar-refractivity contribution < 1.29 is 9.47 Å². The topological polar surface area (TPSA) is 53.4 Å². The van der Waals surface area contributed by atoms with Gasteiger partial charge < -0.3 is 9.47 Å². The van der Waals surface area contributed by atoms with Gasteiger partial charge in [-0.25, -0.2) is 0 Å². The Labute approximate surface area is 186 Å². The standard InChI is InChI=1S/C23H25ClN2O3S/c1-23(2,3)15-29-20-10-7-18(12-21(20)28-4)26-22(27)11-16(13-25-26)14-30-19-8-5-17(24)6-9-19/h5-13H,14-15H2,1-4H3. The molecule has 3 rings (SSSR count). The predicted molar refractivity (Wildman–Crippen MR) is 122 cm³/mol. The molecule has 3 aromatic rings. The Bertz CT molecular complexity index is 1060. The first-order chi connectivity index (χ1) is 14.2. The van der Waals surface area contributed by atoms with Gasteiger partial charge in [-0.15, -0.1) is 11.8 Å². The summed E-state index contributed by atoms with van der Waals surface area (Å²) in [6, 6.07) is 14.6. The van der Waals surface area contributed by atoms with Crippen molar-refractivity contribution in [3.8, 4) is 17.2 Å². The van der Waals surface area contributed by atoms with Gasteiger partial charge in [0.25, 0.3) is 5.56 Å². The quantitative estimate of drug-likeness (QED) is 0.443. The zero-order chi connectivity index (χ0) is 21.7. The SMILES string of the molecule is COc1cc(-n2ncc(CSc3ccc(Cl)cc3)cc2=O)ccc1OCC(C)(C)C. The summed E-state index contributed by atoms with van der Waals surface area (Å²) in [4.78, 5) is 13.7. The summed E-state index contributed by atoms with van der Waals surface area (Å²) in [5.41, 5.74) is 1.31. The molecule has 1 heterocycles. The molecule has 0 N–H and O–H groups in total. The number of halogens is 1. The second-order valence-corrected chi connectivity index (χ2v) is 9.53. The second-order valence-electron chi connectivity index (χ2n) is 8.04. The van der Waals surface area contributed by atoms with Gasteiger partial charge in [-0.3, -0.25) is 4.79 Å². The molecule has 7 heteroatoms. The minimum Gasteiger partial charge on any atom is -0.493 e. The van der Waals surface area contributed by atoms with E-state index in [2.05, 4.69) is 25.9 Å². The smallest absolute Gasteiger partial charge is 0.271 e. The molecule has 0 spiro atoms. The molecule has 5 nitrogen and oxygen atoms in total. The van der Waals surface area contributed by atoms with Crippen LogP contribution in [0, 0.1) is 5.41 Å². The first kappa shape index (κ1) is 22.2. The summed E-state index contributed by atoms with van der Waals surface area (Å²) in [6.45, 7) is 6.86. The Hall–Kier alpha value is -2.44. The highest BCUT2D eigenvalue weighted by Crippen LogP contribution is 2.30. The largest absolute Gasteiger partial charge is 0.493 e. The van der Waals surface area contributed by atoms with E-state index in [0.29, 0.717) is 34.6 Å². The molecule has 30 heavy (non-hydrogen) atoms. The molecule has 1 aromatic heterocycles. The Kier molecular flexibility index (Phi) is 7.10. The first-order valence-corrected chi connectivity index (χ1v) is 10.9. The molecule has 2 aromatic carbocycles. The van der Waals surface area contributed by atoms with Crippen molar-refractivity contribution in [1.82, 2.24) is 9.78 Å². The number of benzene rings is 2. The lowest BCUT2D eigenvalue weighted by atomic mass is 9.99. The van der Waals surface area contributed by atoms with E-state index in [1.165, 1.54) is 4.68 Å². The van der Waals surface area contributed by atoms with Crippen LogP contribution in [-0.4, -0.2) is 23.5 Å². The highest BCUT2D eigenvalue weighted by atomic mass is 35.5. The van der Waals surface area contributed by atoms with E-state index in [0.717, 1.165) is 10.5 Å². The molecule has 158 valence electrons. The number of hydrogen-bond acceptors (Lipinski definition) is 5. The lowest BCUT2D eigenvalue weighted by molar-refractivity contribution is 0.191. The number of thioether (sulfide) groups is 1. The second kappa shape index (κ2) is 9.58. The maximum atomic E-state index is 12.6. The van der Waals surface area contributed by atoms with Crippen LogP contribution in [0.5, 0.6) is 11.5 Å². The number of hydrogen-bond donors (Lipinski definition) is 0. The van der Waals surface area contributed by atoms with E-state index in [4.69, 9.17) is 21.1 Å². The van der Waals surface area contributed by atoms with Crippen molar-refractivity contribution in [3.05, 3.63) is 75.7 Å². The molecule has 0 amide bonds. The summed E-state index contributed by atoms with van der Waals surface area (Å²) >= 11 is 7.54. The maximum absolute atomic E-state index is 12.6. The summed E-state index contributed by atoms with van der Waals surface area (Å²) in [5.74, 6) is 1.85. The average molecular weight is 445 g/mol. The molecule has 0 aliphatic heterocycles. The van der Waals surface area contributed by atoms with Crippen molar-refractivity contribution in [1.29, 1.82) is 0 Å². The zero-order valence-corrected chi connectivity index (χ0v) is 19.1. The van der Waals surface area contributed by atoms with E-state index < -0.39 is 0 Å². The summed E-state index contributed by atoms with van der Waals surface area (Å²) in [6.07, 6.45) is 1.71. The van der Waals surface area contributed by atoms with Gasteiger partial charge in [0.1, 0.15) is 0 Å². The number of rotatable bonds is 7. The van der Waals surface area contributed by atoms with Gasteiger partial charge in [-0.2, -0.15) is 9.78 Å². The van der Waals surface area contributed by atoms with Crippen molar-refractivity contribution >= 4 is 23.4 Å². The van der Waals surface area contributed by atoms with Crippen LogP contribution in [-0.2, 0) is 5.75 Å². The van der Waals surface area contributed by atoms with Gasteiger partial charge in [0, 0.05) is 27.8 Å². The molecule has 0 saturated carbocycles. The van der Waals surface area contributed by atoms with E-state index in [1.807, 2.05) is 24.3 Å². The average Bonchev–Trinajstić information content (AvgIpc) is 2.71. The normalized spacial score (nSPS) is 11.4. The van der Waals surface area contributed by atoms with Crippen molar-refractivity contribution in [3.63, 3.8) is 0 Å². The first-order valence-electron chi connectivity index (χ1n) is 9.53. The molecule has 0 radical (unpaired) electrons. The molecular weight excluding hydrogens is 420 g/mol. The predicted octanol–water partition coefficient (Wildman–Crippen LogP) is 5.61. The van der Waals surface area contributed by atoms with E-state index in [9.17, 15) is 4.79 Å². The zero-order valence-electron chi connectivity index (χ0n) is 17.5. The van der Waals surface area contributed by atoms with Crippen LogP contribution in [0.2, 0.25) is 5.02 Å². The fourth-order valence-electron chi connectivity index (χ4n) is 2.62. The maximum Gasteiger partial charge on any atom is 0.271 e. The van der Waals surface area contributed by atoms with Crippen molar-refractivity contribution in [2.45, 2.75) is 31.4 Å². The van der Waals surface area contributed by atoms with Crippen LogP contribution < -0.4 is 15.0 Å². The van der Waals surface area contributed by atoms with Gasteiger partial charge >= 0.3 is 0 Å². The van der Waals surface area contributed by atoms with Gasteiger partial charge in [-0.1, -0.05) is 32.4 Å². The monoisotopic (exact) mass is 444 g/mol. The van der Waals surface area contributed by atoms with Crippen LogP contribution in [0.3, 0.4) is 0 Å². The molecule has 0 aliphatic carbocycles. The molecule has 0 atom stereocenters. The van der Waals surface area contributed by atoms with Crippen LogP contribution >= 0.6 is 23.4 Å². The molecule has 0 aliphatic rings. The number of aromatic nitrogens is 2. The minimum atomic E-state index is -0.199. The van der Waals surface area contributed by atoms with Gasteiger partial charge in [-0.05, 0) is 47.4 Å². The Morgan fingerprint density at radius 3 is 2.43 bits per heavy atom. The number of ether oxygens (including phenoxy) is 2.